The summed E-state index contributed by atoms with van der Waals surface area (Å²) in [4.78, 5) is 53.1. The number of aromatic nitrogens is 1. The zero-order valence-corrected chi connectivity index (χ0v) is 21.9. The van der Waals surface area contributed by atoms with E-state index in [1.807, 2.05) is 24.1 Å². The largest absolute Gasteiger partial charge is 0.490 e. The van der Waals surface area contributed by atoms with Gasteiger partial charge in [0.05, 0.1) is 24.0 Å². The molecule has 2 amide bonds. The molecule has 0 bridgehead atoms. The summed E-state index contributed by atoms with van der Waals surface area (Å²) in [6.07, 6.45) is -5.93. The highest BCUT2D eigenvalue weighted by atomic mass is 35.5. The fraction of sp³-hybridized carbons (Fsp3) is 0.375. The number of carbonyl (C=O) groups excluding carboxylic acids is 2. The fourth-order valence-corrected chi connectivity index (χ4v) is 4.08. The van der Waals surface area contributed by atoms with Gasteiger partial charge >= 0.3 is 24.3 Å². The van der Waals surface area contributed by atoms with Gasteiger partial charge in [-0.2, -0.15) is 26.3 Å². The van der Waals surface area contributed by atoms with Gasteiger partial charge in [0.25, 0.3) is 5.91 Å². The number of likely N-dealkylation sites (tertiary alicyclic amines) is 1. The predicted octanol–water partition coefficient (Wildman–Crippen LogP) is 3.56. The quantitative estimate of drug-likeness (QED) is 0.493. The summed E-state index contributed by atoms with van der Waals surface area (Å²) in [5, 5.41) is 14.9. The van der Waals surface area contributed by atoms with Crippen molar-refractivity contribution in [3.63, 3.8) is 0 Å². The van der Waals surface area contributed by atoms with Gasteiger partial charge in [0, 0.05) is 36.4 Å². The third kappa shape index (κ3) is 9.04. The van der Waals surface area contributed by atoms with Crippen LogP contribution in [-0.4, -0.2) is 99.9 Å². The Morgan fingerprint density at radius 1 is 0.951 bits per heavy atom. The maximum absolute atomic E-state index is 12.9. The number of anilines is 1. The van der Waals surface area contributed by atoms with Gasteiger partial charge in [0.15, 0.2) is 0 Å². The van der Waals surface area contributed by atoms with Crippen molar-refractivity contribution in [2.45, 2.75) is 24.3 Å². The monoisotopic (exact) mass is 612 g/mol. The molecule has 1 atom stereocenters. The normalized spacial score (nSPS) is 19.2. The summed E-state index contributed by atoms with van der Waals surface area (Å²) in [5.41, 5.74) is 1.19. The van der Waals surface area contributed by atoms with Crippen molar-refractivity contribution >= 4 is 41.0 Å². The molecule has 1 unspecified atom stereocenters. The number of carbonyl (C=O) groups is 4. The van der Waals surface area contributed by atoms with Gasteiger partial charge in [-0.1, -0.05) is 11.6 Å². The molecular formula is C24H23ClF6N4O6. The number of rotatable bonds is 2. The minimum absolute atomic E-state index is 0.00164. The summed E-state index contributed by atoms with van der Waals surface area (Å²) in [6, 6.07) is 10.7. The molecule has 1 aromatic heterocycles. The number of likely N-dealkylation sites (N-methyl/N-ethyl adjacent to an activating group) is 1. The number of carboxylic acids is 2. The number of hydrogen-bond donors (Lipinski definition) is 2. The average Bonchev–Trinajstić information content (AvgIpc) is 3.32. The Hall–Kier alpha value is -3.92. The first-order chi connectivity index (χ1) is 18.9. The van der Waals surface area contributed by atoms with E-state index in [9.17, 15) is 35.9 Å². The highest BCUT2D eigenvalue weighted by Gasteiger charge is 2.48. The summed E-state index contributed by atoms with van der Waals surface area (Å²) in [7, 11) is 1.97. The van der Waals surface area contributed by atoms with Crippen LogP contribution >= 0.6 is 11.6 Å². The minimum atomic E-state index is -5.08. The summed E-state index contributed by atoms with van der Waals surface area (Å²) in [6.45, 7) is 2.15. The number of pyridine rings is 1. The van der Waals surface area contributed by atoms with E-state index in [1.165, 1.54) is 0 Å². The SMILES string of the molecule is CN1CC(=O)N(c2cccnc2)CC12CCN(C(=O)c1ccc(Cl)cc1)C2.O=C(O)C(F)(F)F.O=C(O)C(F)(F)F. The zero-order valence-electron chi connectivity index (χ0n) is 21.1. The Labute approximate surface area is 233 Å². The number of benzene rings is 1. The number of aliphatic carboxylic acids is 2. The molecule has 17 heteroatoms. The smallest absolute Gasteiger partial charge is 0.475 e. The number of amides is 2. The first kappa shape index (κ1) is 33.3. The first-order valence-electron chi connectivity index (χ1n) is 11.4. The van der Waals surface area contributed by atoms with E-state index in [0.717, 1.165) is 12.1 Å². The Kier molecular flexibility index (Phi) is 10.7. The second-order valence-electron chi connectivity index (χ2n) is 8.86. The molecule has 224 valence electrons. The zero-order chi connectivity index (χ0) is 31.2. The van der Waals surface area contributed by atoms with Gasteiger partial charge in [-0.05, 0) is 49.9 Å². The Morgan fingerprint density at radius 2 is 1.49 bits per heavy atom. The highest BCUT2D eigenvalue weighted by Crippen LogP contribution is 2.34. The van der Waals surface area contributed by atoms with Crippen molar-refractivity contribution in [2.75, 3.05) is 38.1 Å². The second-order valence-corrected chi connectivity index (χ2v) is 9.30. The lowest BCUT2D eigenvalue weighted by molar-refractivity contribution is -0.193. The molecule has 41 heavy (non-hydrogen) atoms. The van der Waals surface area contributed by atoms with Crippen LogP contribution in [0.3, 0.4) is 0 Å². The Balaban J connectivity index is 0.000000349. The van der Waals surface area contributed by atoms with E-state index in [-0.39, 0.29) is 17.4 Å². The van der Waals surface area contributed by atoms with Crippen molar-refractivity contribution < 1.29 is 55.7 Å². The number of carboxylic acid groups (broad SMARTS) is 2. The topological polar surface area (TPSA) is 131 Å². The molecule has 0 saturated carbocycles. The van der Waals surface area contributed by atoms with E-state index in [1.54, 1.807) is 41.6 Å². The number of piperazine rings is 1. The number of alkyl halides is 6. The van der Waals surface area contributed by atoms with Gasteiger partial charge in [0.1, 0.15) is 0 Å². The molecular weight excluding hydrogens is 590 g/mol. The molecule has 2 saturated heterocycles. The van der Waals surface area contributed by atoms with Crippen LogP contribution in [0, 0.1) is 0 Å². The van der Waals surface area contributed by atoms with E-state index in [0.29, 0.717) is 36.8 Å². The molecule has 3 heterocycles. The third-order valence-corrected chi connectivity index (χ3v) is 6.34. The van der Waals surface area contributed by atoms with Crippen molar-refractivity contribution in [2.24, 2.45) is 0 Å². The van der Waals surface area contributed by atoms with Crippen LogP contribution in [-0.2, 0) is 14.4 Å². The van der Waals surface area contributed by atoms with Crippen LogP contribution in [0.4, 0.5) is 32.0 Å². The minimum Gasteiger partial charge on any atom is -0.475 e. The first-order valence-corrected chi connectivity index (χ1v) is 11.8. The molecule has 2 aliphatic heterocycles. The van der Waals surface area contributed by atoms with Crippen LogP contribution in [0.5, 0.6) is 0 Å². The van der Waals surface area contributed by atoms with Gasteiger partial charge in [-0.25, -0.2) is 9.59 Å². The third-order valence-electron chi connectivity index (χ3n) is 6.09. The molecule has 10 nitrogen and oxygen atoms in total. The van der Waals surface area contributed by atoms with Gasteiger partial charge < -0.3 is 20.0 Å². The predicted molar refractivity (Wildman–Crippen MR) is 131 cm³/mol. The fourth-order valence-electron chi connectivity index (χ4n) is 3.95. The second kappa shape index (κ2) is 13.2. The lowest BCUT2D eigenvalue weighted by Gasteiger charge is -2.46. The van der Waals surface area contributed by atoms with Gasteiger partial charge in [0.2, 0.25) is 5.91 Å². The van der Waals surface area contributed by atoms with E-state index >= 15 is 0 Å². The molecule has 2 N–H and O–H groups in total. The molecule has 4 rings (SSSR count). The molecule has 0 aliphatic carbocycles. The Bertz CT molecular complexity index is 1220. The Morgan fingerprint density at radius 3 is 1.95 bits per heavy atom. The maximum atomic E-state index is 12.9. The molecule has 1 spiro atoms. The molecule has 2 fully saturated rings. The maximum Gasteiger partial charge on any atom is 0.490 e. The van der Waals surface area contributed by atoms with Crippen molar-refractivity contribution in [3.05, 3.63) is 59.4 Å². The average molecular weight is 613 g/mol. The molecule has 1 aromatic carbocycles. The number of nitrogens with zero attached hydrogens (tertiary/aromatic N) is 4. The summed E-state index contributed by atoms with van der Waals surface area (Å²) in [5.74, 6) is -5.46. The van der Waals surface area contributed by atoms with Gasteiger partial charge in [-0.15, -0.1) is 0 Å². The van der Waals surface area contributed by atoms with E-state index in [2.05, 4.69) is 9.88 Å². The standard InChI is InChI=1S/C20H21ClN4O2.2C2HF3O2/c1-23-12-18(26)25(17-3-2-9-22-11-17)14-20(23)8-10-24(13-20)19(27)15-4-6-16(21)7-5-15;2*3-2(4,5)1(6)7/h2-7,9,11H,8,10,12-14H2,1H3;2*(H,6,7). The summed E-state index contributed by atoms with van der Waals surface area (Å²) < 4.78 is 63.5. The van der Waals surface area contributed by atoms with Crippen LogP contribution in [0.15, 0.2) is 48.8 Å². The van der Waals surface area contributed by atoms with E-state index in [4.69, 9.17) is 31.4 Å². The summed E-state index contributed by atoms with van der Waals surface area (Å²) >= 11 is 5.93. The number of halogens is 7. The van der Waals surface area contributed by atoms with Crippen molar-refractivity contribution in [1.82, 2.24) is 14.8 Å². The van der Waals surface area contributed by atoms with Crippen LogP contribution in [0.1, 0.15) is 16.8 Å². The van der Waals surface area contributed by atoms with Gasteiger partial charge in [-0.3, -0.25) is 19.5 Å². The van der Waals surface area contributed by atoms with Crippen LogP contribution in [0.2, 0.25) is 5.02 Å². The lowest BCUT2D eigenvalue weighted by Crippen LogP contribution is -2.64. The van der Waals surface area contributed by atoms with Crippen molar-refractivity contribution in [3.8, 4) is 0 Å². The lowest BCUT2D eigenvalue weighted by atomic mass is 9.92. The molecule has 0 radical (unpaired) electrons. The van der Waals surface area contributed by atoms with E-state index < -0.39 is 24.3 Å². The van der Waals surface area contributed by atoms with Crippen LogP contribution < -0.4 is 4.90 Å². The highest BCUT2D eigenvalue weighted by molar-refractivity contribution is 6.30. The molecule has 2 aromatic rings. The van der Waals surface area contributed by atoms with Crippen LogP contribution in [0.25, 0.3) is 0 Å². The van der Waals surface area contributed by atoms with Crippen molar-refractivity contribution in [1.29, 1.82) is 0 Å². The number of hydrogen-bond acceptors (Lipinski definition) is 6. The molecule has 2 aliphatic rings.